The molecule has 2 rings (SSSR count). The monoisotopic (exact) mass is 224 g/mol. The quantitative estimate of drug-likeness (QED) is 0.777. The van der Waals surface area contributed by atoms with Gasteiger partial charge in [0.05, 0.1) is 0 Å². The van der Waals surface area contributed by atoms with E-state index in [1.807, 2.05) is 0 Å². The molecule has 2 nitrogen and oxygen atoms in total. The third-order valence-corrected chi connectivity index (χ3v) is 4.80. The van der Waals surface area contributed by atoms with Crippen molar-refractivity contribution in [1.29, 1.82) is 0 Å². The van der Waals surface area contributed by atoms with Crippen molar-refractivity contribution in [3.05, 3.63) is 0 Å². The third kappa shape index (κ3) is 2.60. The van der Waals surface area contributed by atoms with Gasteiger partial charge in [-0.3, -0.25) is 4.90 Å². The summed E-state index contributed by atoms with van der Waals surface area (Å²) >= 11 is 0. The SMILES string of the molecule is CC(C)C1CCN(C(C)(CN)CC2CC2)C1. The number of likely N-dealkylation sites (tertiary alicyclic amines) is 1. The molecule has 2 unspecified atom stereocenters. The summed E-state index contributed by atoms with van der Waals surface area (Å²) in [5, 5.41) is 0. The topological polar surface area (TPSA) is 29.3 Å². The van der Waals surface area contributed by atoms with Crippen LogP contribution in [0.25, 0.3) is 0 Å². The summed E-state index contributed by atoms with van der Waals surface area (Å²) in [4.78, 5) is 2.68. The molecule has 94 valence electrons. The molecule has 2 fully saturated rings. The highest BCUT2D eigenvalue weighted by molar-refractivity contribution is 4.96. The Hall–Kier alpha value is -0.0800. The lowest BCUT2D eigenvalue weighted by molar-refractivity contribution is 0.117. The molecule has 1 saturated heterocycles. The van der Waals surface area contributed by atoms with E-state index in [4.69, 9.17) is 5.73 Å². The Labute approximate surface area is 101 Å². The van der Waals surface area contributed by atoms with E-state index in [1.165, 1.54) is 38.8 Å². The van der Waals surface area contributed by atoms with Crippen LogP contribution in [0.5, 0.6) is 0 Å². The summed E-state index contributed by atoms with van der Waals surface area (Å²) in [5.41, 5.74) is 6.33. The molecule has 1 saturated carbocycles. The van der Waals surface area contributed by atoms with Crippen LogP contribution < -0.4 is 5.73 Å². The van der Waals surface area contributed by atoms with Crippen LogP contribution in [0.1, 0.15) is 46.5 Å². The van der Waals surface area contributed by atoms with Crippen molar-refractivity contribution >= 4 is 0 Å². The van der Waals surface area contributed by atoms with Crippen molar-refractivity contribution in [2.24, 2.45) is 23.5 Å². The standard InChI is InChI=1S/C14H28N2/c1-11(2)13-6-7-16(9-13)14(3,10-15)8-12-4-5-12/h11-13H,4-10,15H2,1-3H3. The van der Waals surface area contributed by atoms with E-state index in [1.54, 1.807) is 0 Å². The molecular formula is C14H28N2. The summed E-state index contributed by atoms with van der Waals surface area (Å²) in [7, 11) is 0. The van der Waals surface area contributed by atoms with E-state index in [9.17, 15) is 0 Å². The molecule has 0 bridgehead atoms. The van der Waals surface area contributed by atoms with Crippen molar-refractivity contribution in [2.75, 3.05) is 19.6 Å². The number of hydrogen-bond donors (Lipinski definition) is 1. The van der Waals surface area contributed by atoms with Crippen LogP contribution in [0.3, 0.4) is 0 Å². The van der Waals surface area contributed by atoms with Gasteiger partial charge in [0.15, 0.2) is 0 Å². The van der Waals surface area contributed by atoms with E-state index in [-0.39, 0.29) is 5.54 Å². The molecule has 2 atom stereocenters. The predicted octanol–water partition coefficient (Wildman–Crippen LogP) is 2.48. The van der Waals surface area contributed by atoms with Crippen LogP contribution in [-0.2, 0) is 0 Å². The summed E-state index contributed by atoms with van der Waals surface area (Å²) < 4.78 is 0. The highest BCUT2D eigenvalue weighted by Crippen LogP contribution is 2.40. The van der Waals surface area contributed by atoms with Crippen LogP contribution in [0.4, 0.5) is 0 Å². The molecule has 2 aliphatic rings. The summed E-state index contributed by atoms with van der Waals surface area (Å²) in [5.74, 6) is 2.70. The zero-order chi connectivity index (χ0) is 11.8. The van der Waals surface area contributed by atoms with E-state index in [0.29, 0.717) is 0 Å². The van der Waals surface area contributed by atoms with Crippen molar-refractivity contribution < 1.29 is 0 Å². The maximum atomic E-state index is 6.04. The average molecular weight is 224 g/mol. The van der Waals surface area contributed by atoms with E-state index in [0.717, 1.165) is 24.3 Å². The van der Waals surface area contributed by atoms with Crippen molar-refractivity contribution in [3.63, 3.8) is 0 Å². The van der Waals surface area contributed by atoms with Gasteiger partial charge in [-0.05, 0) is 44.1 Å². The van der Waals surface area contributed by atoms with Gasteiger partial charge in [0.25, 0.3) is 0 Å². The Bertz CT molecular complexity index is 235. The normalized spacial score (nSPS) is 30.9. The second-order valence-electron chi connectivity index (χ2n) is 6.59. The van der Waals surface area contributed by atoms with Gasteiger partial charge in [-0.25, -0.2) is 0 Å². The first-order valence-electron chi connectivity index (χ1n) is 7.00. The Morgan fingerprint density at radius 1 is 1.31 bits per heavy atom. The molecule has 1 aliphatic heterocycles. The van der Waals surface area contributed by atoms with Gasteiger partial charge in [-0.15, -0.1) is 0 Å². The van der Waals surface area contributed by atoms with Crippen LogP contribution >= 0.6 is 0 Å². The number of hydrogen-bond acceptors (Lipinski definition) is 2. The van der Waals surface area contributed by atoms with Gasteiger partial charge >= 0.3 is 0 Å². The molecule has 16 heavy (non-hydrogen) atoms. The predicted molar refractivity (Wildman–Crippen MR) is 69.3 cm³/mol. The maximum absolute atomic E-state index is 6.04. The molecule has 0 amide bonds. The van der Waals surface area contributed by atoms with Crippen molar-refractivity contribution in [2.45, 2.75) is 52.0 Å². The maximum Gasteiger partial charge on any atom is 0.0306 e. The fourth-order valence-corrected chi connectivity index (χ4v) is 3.11. The molecule has 1 aliphatic carbocycles. The summed E-state index contributed by atoms with van der Waals surface area (Å²) in [6, 6.07) is 0. The van der Waals surface area contributed by atoms with E-state index >= 15 is 0 Å². The Balaban J connectivity index is 1.93. The molecule has 0 radical (unpaired) electrons. The van der Waals surface area contributed by atoms with Gasteiger partial charge in [-0.1, -0.05) is 26.7 Å². The molecule has 2 heteroatoms. The van der Waals surface area contributed by atoms with Gasteiger partial charge in [0.1, 0.15) is 0 Å². The number of nitrogens with two attached hydrogens (primary N) is 1. The lowest BCUT2D eigenvalue weighted by Gasteiger charge is -2.38. The Morgan fingerprint density at radius 2 is 2.00 bits per heavy atom. The zero-order valence-corrected chi connectivity index (χ0v) is 11.2. The van der Waals surface area contributed by atoms with Gasteiger partial charge in [0.2, 0.25) is 0 Å². The highest BCUT2D eigenvalue weighted by atomic mass is 15.2. The number of rotatable bonds is 5. The molecule has 0 aromatic rings. The van der Waals surface area contributed by atoms with Crippen molar-refractivity contribution in [3.8, 4) is 0 Å². The second-order valence-corrected chi connectivity index (χ2v) is 6.59. The molecule has 0 aromatic carbocycles. The minimum absolute atomic E-state index is 0.283. The van der Waals surface area contributed by atoms with Gasteiger partial charge < -0.3 is 5.73 Å². The summed E-state index contributed by atoms with van der Waals surface area (Å²) in [6.45, 7) is 10.5. The fraction of sp³-hybridized carbons (Fsp3) is 1.00. The van der Waals surface area contributed by atoms with Crippen LogP contribution in [0, 0.1) is 17.8 Å². The fourth-order valence-electron chi connectivity index (χ4n) is 3.11. The Morgan fingerprint density at radius 3 is 2.44 bits per heavy atom. The molecule has 0 aromatic heterocycles. The van der Waals surface area contributed by atoms with Gasteiger partial charge in [0, 0.05) is 18.6 Å². The first-order valence-corrected chi connectivity index (χ1v) is 7.00. The van der Waals surface area contributed by atoms with Crippen LogP contribution in [-0.4, -0.2) is 30.1 Å². The Kier molecular flexibility index (Phi) is 3.60. The van der Waals surface area contributed by atoms with Crippen LogP contribution in [0.2, 0.25) is 0 Å². The van der Waals surface area contributed by atoms with Crippen molar-refractivity contribution in [1.82, 2.24) is 4.90 Å². The molecule has 0 spiro atoms. The average Bonchev–Trinajstić information content (AvgIpc) is 2.90. The number of nitrogens with zero attached hydrogens (tertiary/aromatic N) is 1. The second kappa shape index (κ2) is 4.66. The largest absolute Gasteiger partial charge is 0.329 e. The first kappa shape index (κ1) is 12.4. The van der Waals surface area contributed by atoms with E-state index < -0.39 is 0 Å². The van der Waals surface area contributed by atoms with E-state index in [2.05, 4.69) is 25.7 Å². The van der Waals surface area contributed by atoms with Gasteiger partial charge in [-0.2, -0.15) is 0 Å². The minimum atomic E-state index is 0.283. The highest BCUT2D eigenvalue weighted by Gasteiger charge is 2.40. The third-order valence-electron chi connectivity index (χ3n) is 4.80. The lowest BCUT2D eigenvalue weighted by atomic mass is 9.92. The molecule has 1 heterocycles. The summed E-state index contributed by atoms with van der Waals surface area (Å²) in [6.07, 6.45) is 5.58. The zero-order valence-electron chi connectivity index (χ0n) is 11.2. The minimum Gasteiger partial charge on any atom is -0.329 e. The lowest BCUT2D eigenvalue weighted by Crippen LogP contribution is -2.51. The molecular weight excluding hydrogens is 196 g/mol. The molecule has 2 N–H and O–H groups in total. The first-order chi connectivity index (χ1) is 7.55. The van der Waals surface area contributed by atoms with Crippen LogP contribution in [0.15, 0.2) is 0 Å². The smallest absolute Gasteiger partial charge is 0.0306 e.